The van der Waals surface area contributed by atoms with Gasteiger partial charge in [0.15, 0.2) is 0 Å². The summed E-state index contributed by atoms with van der Waals surface area (Å²) in [6, 6.07) is -2.12. The maximum absolute atomic E-state index is 17.9. The van der Waals surface area contributed by atoms with Crippen LogP contribution in [0.1, 0.15) is 125 Å². The van der Waals surface area contributed by atoms with E-state index in [9.17, 15) is 4.79 Å². The smallest absolute Gasteiger partial charge is 0.320 e. The number of halogens is 4. The van der Waals surface area contributed by atoms with E-state index >= 15 is 22.4 Å². The van der Waals surface area contributed by atoms with Crippen LogP contribution in [-0.2, 0) is 9.47 Å². The monoisotopic (exact) mass is 1100 g/mol. The van der Waals surface area contributed by atoms with Crippen LogP contribution in [0.25, 0.3) is 0 Å². The topological polar surface area (TPSA) is 162 Å². The van der Waals surface area contributed by atoms with Crippen molar-refractivity contribution in [2.45, 2.75) is 234 Å². The number of urea groups is 2. The van der Waals surface area contributed by atoms with Gasteiger partial charge < -0.3 is 51.2 Å². The zero-order valence-electron chi connectivity index (χ0n) is 47.5. The lowest BCUT2D eigenvalue weighted by atomic mass is 9.67. The maximum atomic E-state index is 17.9. The van der Waals surface area contributed by atoms with E-state index in [-0.39, 0.29) is 127 Å². The largest absolute Gasteiger partial charge is 0.378 e. The number of carbonyl (C=O) groups is 2. The van der Waals surface area contributed by atoms with Gasteiger partial charge in [0.05, 0.1) is 49.0 Å². The molecule has 78 heavy (non-hydrogen) atoms. The van der Waals surface area contributed by atoms with E-state index in [1.54, 1.807) is 0 Å². The highest BCUT2D eigenvalue weighted by Gasteiger charge is 2.61. The number of nitrogens with zero attached hydrogens (tertiary/aromatic N) is 4. The van der Waals surface area contributed by atoms with Crippen LogP contribution in [-0.4, -0.2) is 207 Å². The van der Waals surface area contributed by atoms with Gasteiger partial charge in [-0.2, -0.15) is 0 Å². The summed E-state index contributed by atoms with van der Waals surface area (Å²) in [6.07, 6.45) is 0.971. The lowest BCUT2D eigenvalue weighted by molar-refractivity contribution is -0.127. The second kappa shape index (κ2) is 23.8. The zero-order valence-corrected chi connectivity index (χ0v) is 47.5. The molecular formula is C58H98F4N12O4. The van der Waals surface area contributed by atoms with Gasteiger partial charge >= 0.3 is 12.1 Å². The third-order valence-corrected chi connectivity index (χ3v) is 22.4. The van der Waals surface area contributed by atoms with Crippen LogP contribution < -0.4 is 42.5 Å². The average molecular weight is 1100 g/mol. The molecule has 4 amide bonds. The maximum Gasteiger partial charge on any atom is 0.320 e. The Morgan fingerprint density at radius 3 is 1.64 bits per heavy atom. The summed E-state index contributed by atoms with van der Waals surface area (Å²) in [7, 11) is 0. The summed E-state index contributed by atoms with van der Waals surface area (Å²) >= 11 is 0. The molecule has 0 aromatic heterocycles. The SMILES string of the molecule is CC(C)C1NCCC2CCCOC3CC(CC(C)C4NCCC5CCCOC6CCCC(F)C6C6NC7C(CC6F)C(N6CCNC[C@@H]6C)NC(=O)N7C54)CC(F)C3C3NC4C(CC3F)C(N3CCNC[C@@H]3C)NC(=O)N4C21. The Kier molecular flexibility index (Phi) is 17.2. The van der Waals surface area contributed by atoms with Gasteiger partial charge in [-0.3, -0.25) is 20.4 Å². The number of nitrogens with one attached hydrogen (secondary N) is 8. The normalized spacial score (nSPS) is 49.4. The van der Waals surface area contributed by atoms with Gasteiger partial charge in [-0.25, -0.2) is 27.2 Å². The third-order valence-electron chi connectivity index (χ3n) is 22.4. The number of piperidine rings is 4. The van der Waals surface area contributed by atoms with Crippen molar-refractivity contribution in [3.63, 3.8) is 0 Å². The molecule has 2 aliphatic carbocycles. The minimum Gasteiger partial charge on any atom is -0.378 e. The molecule has 12 aliphatic rings. The van der Waals surface area contributed by atoms with Crippen molar-refractivity contribution in [1.29, 1.82) is 0 Å². The number of amides is 4. The van der Waals surface area contributed by atoms with Gasteiger partial charge in [-0.1, -0.05) is 20.8 Å². The fourth-order valence-electron chi connectivity index (χ4n) is 18.9. The Balaban J connectivity index is 0.824. The van der Waals surface area contributed by atoms with Crippen molar-refractivity contribution in [1.82, 2.24) is 62.1 Å². The molecule has 2 saturated carbocycles. The van der Waals surface area contributed by atoms with Crippen LogP contribution >= 0.6 is 0 Å². The molecule has 0 aromatic rings. The molecule has 10 saturated heterocycles. The van der Waals surface area contributed by atoms with Crippen molar-refractivity contribution in [3.05, 3.63) is 0 Å². The van der Waals surface area contributed by atoms with Crippen molar-refractivity contribution in [3.8, 4) is 0 Å². The van der Waals surface area contributed by atoms with Gasteiger partial charge in [0.25, 0.3) is 0 Å². The molecule has 16 nitrogen and oxygen atoms in total. The molecule has 0 spiro atoms. The first-order valence-corrected chi connectivity index (χ1v) is 31.6. The molecule has 442 valence electrons. The van der Waals surface area contributed by atoms with Crippen LogP contribution in [0.3, 0.4) is 0 Å². The molecule has 10 aliphatic heterocycles. The number of hydrogen-bond donors (Lipinski definition) is 8. The van der Waals surface area contributed by atoms with Crippen LogP contribution in [0, 0.1) is 53.3 Å². The minimum atomic E-state index is -1.35. The minimum absolute atomic E-state index is 0.00256. The van der Waals surface area contributed by atoms with E-state index in [1.807, 2.05) is 4.90 Å². The lowest BCUT2D eigenvalue weighted by Crippen LogP contribution is -2.80. The van der Waals surface area contributed by atoms with Crippen LogP contribution in [0.2, 0.25) is 0 Å². The quantitative estimate of drug-likeness (QED) is 0.172. The predicted molar refractivity (Wildman–Crippen MR) is 291 cm³/mol. The van der Waals surface area contributed by atoms with E-state index in [0.29, 0.717) is 45.3 Å². The van der Waals surface area contributed by atoms with Gasteiger partial charge in [0.1, 0.15) is 24.7 Å². The van der Waals surface area contributed by atoms with Crippen molar-refractivity contribution in [2.24, 2.45) is 53.3 Å². The lowest BCUT2D eigenvalue weighted by Gasteiger charge is -2.60. The highest BCUT2D eigenvalue weighted by molar-refractivity contribution is 5.77. The number of alkyl halides is 4. The molecule has 12 fully saturated rings. The first-order chi connectivity index (χ1) is 37.7. The van der Waals surface area contributed by atoms with E-state index in [1.165, 1.54) is 0 Å². The first kappa shape index (κ1) is 56.3. The second-order valence-electron chi connectivity index (χ2n) is 27.3. The number of fused-ring (bicyclic) bond motifs is 10. The Morgan fingerprint density at radius 1 is 0.564 bits per heavy atom. The van der Waals surface area contributed by atoms with E-state index < -0.39 is 67.0 Å². The van der Waals surface area contributed by atoms with Gasteiger partial charge in [0, 0.05) is 112 Å². The summed E-state index contributed by atoms with van der Waals surface area (Å²) in [4.78, 5) is 39.0. The van der Waals surface area contributed by atoms with Crippen LogP contribution in [0.15, 0.2) is 0 Å². The summed E-state index contributed by atoms with van der Waals surface area (Å²) in [5, 5.41) is 29.2. The number of carbonyl (C=O) groups excluding carboxylic acids is 2. The fraction of sp³-hybridized carbons (Fsp3) is 0.966. The van der Waals surface area contributed by atoms with Crippen molar-refractivity contribution >= 4 is 12.1 Å². The molecule has 0 aromatic carbocycles. The van der Waals surface area contributed by atoms with Gasteiger partial charge in [-0.15, -0.1) is 0 Å². The van der Waals surface area contributed by atoms with Gasteiger partial charge in [-0.05, 0) is 146 Å². The van der Waals surface area contributed by atoms with Gasteiger partial charge in [0.2, 0.25) is 0 Å². The average Bonchev–Trinajstić information content (AvgIpc) is 3.61. The molecule has 8 N–H and O–H groups in total. The number of piperazine rings is 2. The third kappa shape index (κ3) is 10.7. The number of hydrogen-bond acceptors (Lipinski definition) is 12. The molecule has 0 radical (unpaired) electrons. The standard InChI is InChI=1S/C58H98F4N12O4/c1-30(2)47-51-35(13-15-65-47)9-8-22-78-44-25-34(24-40(60)46(44)50-42(62)27-37-53(71-19-17-63-28-32(71)4)69-57(75)73(51)55(37)68-50)23-31(3)48-52-36(14-16-66-48)10-7-21-77-43-12-6-11-39(59)45(43)49-41(61)26-38-54(72-20-18-64-29-33(72)5)70-58(76)74(52)56(38)67-49/h30-56,63-68H,6-29H2,1-5H3,(H,69,75)(H,70,76)/t31?,32-,33-,34?,35?,36?,37?,38?,39?,40?,41?,42?,43?,44?,45?,46?,47?,48?,49?,50?,51?,52?,53?,54?,55?,56?/m0/s1. The Hall–Kier alpha value is -2.14. The highest BCUT2D eigenvalue weighted by atomic mass is 19.1. The highest BCUT2D eigenvalue weighted by Crippen LogP contribution is 2.48. The molecule has 4 bridgehead atoms. The summed E-state index contributed by atoms with van der Waals surface area (Å²) in [5.41, 5.74) is 0. The van der Waals surface area contributed by atoms with Crippen molar-refractivity contribution in [2.75, 3.05) is 65.6 Å². The molecular weight excluding hydrogens is 1000 g/mol. The molecule has 20 heteroatoms. The molecule has 10 heterocycles. The summed E-state index contributed by atoms with van der Waals surface area (Å²) in [6.45, 7) is 18.2. The summed E-state index contributed by atoms with van der Waals surface area (Å²) < 4.78 is 82.5. The Morgan fingerprint density at radius 2 is 1.09 bits per heavy atom. The Bertz CT molecular complexity index is 2060. The number of ether oxygens (including phenoxy) is 2. The first-order valence-electron chi connectivity index (χ1n) is 31.6. The summed E-state index contributed by atoms with van der Waals surface area (Å²) in [5.74, 6) is -1.39. The Labute approximate surface area is 462 Å². The molecule has 12 rings (SSSR count). The van der Waals surface area contributed by atoms with Crippen molar-refractivity contribution < 1.29 is 36.6 Å². The number of rotatable bonds is 6. The fourth-order valence-corrected chi connectivity index (χ4v) is 18.9. The van der Waals surface area contributed by atoms with E-state index in [2.05, 4.69) is 91.9 Å². The van der Waals surface area contributed by atoms with Crippen LogP contribution in [0.5, 0.6) is 0 Å². The second-order valence-corrected chi connectivity index (χ2v) is 27.3. The van der Waals surface area contributed by atoms with Crippen LogP contribution in [0.4, 0.5) is 27.2 Å². The zero-order chi connectivity index (χ0) is 54.1. The van der Waals surface area contributed by atoms with E-state index in [4.69, 9.17) is 9.47 Å². The van der Waals surface area contributed by atoms with E-state index in [0.717, 1.165) is 90.9 Å². The molecule has 26 atom stereocenters. The molecule has 24 unspecified atom stereocenters. The predicted octanol–water partition coefficient (Wildman–Crippen LogP) is 4.80.